The van der Waals surface area contributed by atoms with Crippen molar-refractivity contribution >= 4 is 34.0 Å². The highest BCUT2D eigenvalue weighted by Crippen LogP contribution is 2.29. The number of fused-ring (bicyclic) bond motifs is 2. The number of aromatic nitrogens is 1. The van der Waals surface area contributed by atoms with Crippen LogP contribution in [0.3, 0.4) is 0 Å². The number of esters is 1. The summed E-state index contributed by atoms with van der Waals surface area (Å²) in [5, 5.41) is 2.65. The molecule has 1 aliphatic carbocycles. The standard InChI is InChI=1S/C21H19NO3S/c23-18(19-11-6-12-26-19)13-25-21(24)20-14-7-2-1-3-9-16(14)22-17-10-5-4-8-15(17)20/h4-6,8,10-12H,1-3,7,9,13H2. The van der Waals surface area contributed by atoms with Crippen LogP contribution < -0.4 is 0 Å². The van der Waals surface area contributed by atoms with Crippen molar-refractivity contribution in [1.29, 1.82) is 0 Å². The van der Waals surface area contributed by atoms with E-state index < -0.39 is 5.97 Å². The van der Waals surface area contributed by atoms with Gasteiger partial charge in [-0.1, -0.05) is 30.7 Å². The van der Waals surface area contributed by atoms with Gasteiger partial charge in [0.05, 0.1) is 16.0 Å². The van der Waals surface area contributed by atoms with Crippen molar-refractivity contribution in [1.82, 2.24) is 4.98 Å². The zero-order valence-electron chi connectivity index (χ0n) is 14.4. The van der Waals surface area contributed by atoms with Gasteiger partial charge in [0.25, 0.3) is 0 Å². The first-order chi connectivity index (χ1) is 12.7. The number of hydrogen-bond donors (Lipinski definition) is 0. The Balaban J connectivity index is 1.68. The summed E-state index contributed by atoms with van der Waals surface area (Å²) in [5.74, 6) is -0.593. The summed E-state index contributed by atoms with van der Waals surface area (Å²) in [4.78, 5) is 30.5. The van der Waals surface area contributed by atoms with Crippen molar-refractivity contribution in [2.24, 2.45) is 0 Å². The van der Waals surface area contributed by atoms with E-state index in [2.05, 4.69) is 0 Å². The first-order valence-corrected chi connectivity index (χ1v) is 9.76. The van der Waals surface area contributed by atoms with Gasteiger partial charge in [0.1, 0.15) is 0 Å². The molecule has 0 saturated heterocycles. The molecule has 2 heterocycles. The Hall–Kier alpha value is -2.53. The topological polar surface area (TPSA) is 56.3 Å². The van der Waals surface area contributed by atoms with Crippen LogP contribution >= 0.6 is 11.3 Å². The van der Waals surface area contributed by atoms with Crippen LogP contribution in [-0.4, -0.2) is 23.3 Å². The van der Waals surface area contributed by atoms with Crippen LogP contribution in [0.2, 0.25) is 0 Å². The second kappa shape index (κ2) is 7.38. The molecule has 0 fully saturated rings. The number of hydrogen-bond acceptors (Lipinski definition) is 5. The minimum absolute atomic E-state index is 0.169. The number of rotatable bonds is 4. The molecule has 0 spiro atoms. The normalized spacial score (nSPS) is 13.8. The van der Waals surface area contributed by atoms with E-state index in [1.807, 2.05) is 35.7 Å². The molecule has 1 aromatic carbocycles. The molecule has 2 aromatic heterocycles. The molecule has 4 rings (SSSR count). The van der Waals surface area contributed by atoms with E-state index in [9.17, 15) is 9.59 Å². The maximum Gasteiger partial charge on any atom is 0.339 e. The average Bonchev–Trinajstić information content (AvgIpc) is 3.10. The van der Waals surface area contributed by atoms with Crippen LogP contribution in [0.5, 0.6) is 0 Å². The number of ether oxygens (including phenoxy) is 1. The van der Waals surface area contributed by atoms with Crippen LogP contribution in [0.4, 0.5) is 0 Å². The number of carbonyl (C=O) groups excluding carboxylic acids is 2. The van der Waals surface area contributed by atoms with Gasteiger partial charge in [0.2, 0.25) is 5.78 Å². The van der Waals surface area contributed by atoms with Crippen LogP contribution in [-0.2, 0) is 17.6 Å². The van der Waals surface area contributed by atoms with Crippen molar-refractivity contribution in [3.63, 3.8) is 0 Å². The third kappa shape index (κ3) is 3.27. The average molecular weight is 365 g/mol. The quantitative estimate of drug-likeness (QED) is 0.385. The van der Waals surface area contributed by atoms with Gasteiger partial charge in [-0.25, -0.2) is 4.79 Å². The van der Waals surface area contributed by atoms with Gasteiger partial charge in [-0.2, -0.15) is 0 Å². The predicted octanol–water partition coefficient (Wildman–Crippen LogP) is 4.60. The lowest BCUT2D eigenvalue weighted by Crippen LogP contribution is -2.16. The third-order valence-electron chi connectivity index (χ3n) is 4.75. The number of pyridine rings is 1. The smallest absolute Gasteiger partial charge is 0.339 e. The molecular formula is C21H19NO3S. The maximum absolute atomic E-state index is 12.9. The maximum atomic E-state index is 12.9. The van der Waals surface area contributed by atoms with Crippen molar-refractivity contribution in [2.75, 3.05) is 6.61 Å². The van der Waals surface area contributed by atoms with Crippen LogP contribution in [0.25, 0.3) is 10.9 Å². The number of aryl methyl sites for hydroxylation is 1. The minimum atomic E-state index is -0.424. The first-order valence-electron chi connectivity index (χ1n) is 8.88. The Labute approximate surface area is 155 Å². The summed E-state index contributed by atoms with van der Waals surface area (Å²) >= 11 is 1.36. The summed E-state index contributed by atoms with van der Waals surface area (Å²) in [7, 11) is 0. The zero-order valence-corrected chi connectivity index (χ0v) is 15.2. The monoisotopic (exact) mass is 365 g/mol. The van der Waals surface area contributed by atoms with E-state index in [1.54, 1.807) is 6.07 Å². The summed E-state index contributed by atoms with van der Waals surface area (Å²) in [6.07, 6.45) is 4.98. The number of carbonyl (C=O) groups is 2. The Morgan fingerprint density at radius 1 is 1.04 bits per heavy atom. The number of para-hydroxylation sites is 1. The molecule has 0 N–H and O–H groups in total. The fraction of sp³-hybridized carbons (Fsp3) is 0.286. The van der Waals surface area contributed by atoms with Gasteiger partial charge in [-0.05, 0) is 48.8 Å². The molecule has 0 bridgehead atoms. The van der Waals surface area contributed by atoms with Gasteiger partial charge in [-0.15, -0.1) is 11.3 Å². The van der Waals surface area contributed by atoms with Gasteiger partial charge >= 0.3 is 5.97 Å². The number of Topliss-reactive ketones (excluding diaryl/α,β-unsaturated/α-hetero) is 1. The van der Waals surface area contributed by atoms with Gasteiger partial charge < -0.3 is 4.74 Å². The Morgan fingerprint density at radius 3 is 2.73 bits per heavy atom. The highest BCUT2D eigenvalue weighted by atomic mass is 32.1. The second-order valence-corrected chi connectivity index (χ2v) is 7.41. The molecule has 0 atom stereocenters. The molecule has 0 saturated carbocycles. The van der Waals surface area contributed by atoms with E-state index in [1.165, 1.54) is 11.3 Å². The Bertz CT molecular complexity index is 963. The highest BCUT2D eigenvalue weighted by Gasteiger charge is 2.23. The van der Waals surface area contributed by atoms with E-state index in [-0.39, 0.29) is 12.4 Å². The van der Waals surface area contributed by atoms with Gasteiger partial charge in [-0.3, -0.25) is 9.78 Å². The molecule has 0 unspecified atom stereocenters. The molecule has 1 aliphatic rings. The van der Waals surface area contributed by atoms with Crippen LogP contribution in [0, 0.1) is 0 Å². The first kappa shape index (κ1) is 16.9. The summed E-state index contributed by atoms with van der Waals surface area (Å²) in [6.45, 7) is -0.231. The van der Waals surface area contributed by atoms with E-state index in [0.717, 1.165) is 54.3 Å². The number of nitrogens with zero attached hydrogens (tertiary/aromatic N) is 1. The Kier molecular flexibility index (Phi) is 4.80. The summed E-state index contributed by atoms with van der Waals surface area (Å²) < 4.78 is 5.42. The zero-order chi connectivity index (χ0) is 17.9. The molecule has 0 aliphatic heterocycles. The molecule has 5 heteroatoms. The van der Waals surface area contributed by atoms with Crippen LogP contribution in [0.1, 0.15) is 50.5 Å². The highest BCUT2D eigenvalue weighted by molar-refractivity contribution is 7.12. The van der Waals surface area contributed by atoms with Gasteiger partial charge in [0.15, 0.2) is 6.61 Å². The van der Waals surface area contributed by atoms with Gasteiger partial charge in [0, 0.05) is 11.1 Å². The molecule has 26 heavy (non-hydrogen) atoms. The Morgan fingerprint density at radius 2 is 1.88 bits per heavy atom. The molecule has 3 aromatic rings. The minimum Gasteiger partial charge on any atom is -0.454 e. The lowest BCUT2D eigenvalue weighted by atomic mass is 9.97. The number of benzene rings is 1. The number of ketones is 1. The van der Waals surface area contributed by atoms with E-state index in [0.29, 0.717) is 10.4 Å². The lowest BCUT2D eigenvalue weighted by molar-refractivity contribution is 0.0476. The summed E-state index contributed by atoms with van der Waals surface area (Å²) in [6, 6.07) is 11.2. The largest absolute Gasteiger partial charge is 0.454 e. The van der Waals surface area contributed by atoms with Crippen molar-refractivity contribution in [3.8, 4) is 0 Å². The SMILES string of the molecule is O=C(COC(=O)c1c2c(nc3ccccc13)CCCCC2)c1cccs1. The molecular weight excluding hydrogens is 346 g/mol. The van der Waals surface area contributed by atoms with Crippen molar-refractivity contribution in [3.05, 3.63) is 63.5 Å². The van der Waals surface area contributed by atoms with Crippen LogP contribution in [0.15, 0.2) is 41.8 Å². The molecule has 4 nitrogen and oxygen atoms in total. The van der Waals surface area contributed by atoms with E-state index in [4.69, 9.17) is 9.72 Å². The predicted molar refractivity (Wildman–Crippen MR) is 102 cm³/mol. The molecule has 0 amide bonds. The molecule has 0 radical (unpaired) electrons. The van der Waals surface area contributed by atoms with Crippen molar-refractivity contribution in [2.45, 2.75) is 32.1 Å². The number of thiophene rings is 1. The van der Waals surface area contributed by atoms with E-state index >= 15 is 0 Å². The molecule has 132 valence electrons. The fourth-order valence-electron chi connectivity index (χ4n) is 3.49. The second-order valence-electron chi connectivity index (χ2n) is 6.47. The summed E-state index contributed by atoms with van der Waals surface area (Å²) in [5.41, 5.74) is 3.39. The third-order valence-corrected chi connectivity index (χ3v) is 5.66. The van der Waals surface area contributed by atoms with Crippen molar-refractivity contribution < 1.29 is 14.3 Å². The fourth-order valence-corrected chi connectivity index (χ4v) is 4.15. The lowest BCUT2D eigenvalue weighted by Gasteiger charge is -2.14.